The SMILES string of the molecule is Cc1ccc(-c2c(Br)c(CC(=O)O)nn2C)c(C)c1C. The first-order valence-corrected chi connectivity index (χ1v) is 7.12. The maximum absolute atomic E-state index is 10.9. The van der Waals surface area contributed by atoms with Gasteiger partial charge in [0.15, 0.2) is 0 Å². The van der Waals surface area contributed by atoms with E-state index in [2.05, 4.69) is 53.9 Å². The van der Waals surface area contributed by atoms with E-state index in [9.17, 15) is 4.79 Å². The van der Waals surface area contributed by atoms with Crippen LogP contribution in [-0.2, 0) is 18.3 Å². The van der Waals surface area contributed by atoms with Gasteiger partial charge >= 0.3 is 5.97 Å². The van der Waals surface area contributed by atoms with E-state index < -0.39 is 5.97 Å². The molecule has 0 bridgehead atoms. The zero-order valence-corrected chi connectivity index (χ0v) is 13.6. The van der Waals surface area contributed by atoms with Gasteiger partial charge in [-0.3, -0.25) is 9.48 Å². The molecule has 106 valence electrons. The molecule has 0 aliphatic rings. The van der Waals surface area contributed by atoms with Crippen molar-refractivity contribution < 1.29 is 9.90 Å². The summed E-state index contributed by atoms with van der Waals surface area (Å²) in [5.41, 5.74) is 6.22. The van der Waals surface area contributed by atoms with E-state index in [1.54, 1.807) is 4.68 Å². The predicted molar refractivity (Wildman–Crippen MR) is 81.9 cm³/mol. The Morgan fingerprint density at radius 3 is 2.55 bits per heavy atom. The fraction of sp³-hybridized carbons (Fsp3) is 0.333. The van der Waals surface area contributed by atoms with Crippen molar-refractivity contribution in [2.75, 3.05) is 0 Å². The van der Waals surface area contributed by atoms with Crippen LogP contribution in [0.5, 0.6) is 0 Å². The molecule has 0 radical (unpaired) electrons. The maximum Gasteiger partial charge on any atom is 0.309 e. The van der Waals surface area contributed by atoms with Crippen LogP contribution < -0.4 is 0 Å². The number of benzene rings is 1. The van der Waals surface area contributed by atoms with E-state index in [1.165, 1.54) is 16.7 Å². The number of hydrogen-bond donors (Lipinski definition) is 1. The van der Waals surface area contributed by atoms with Gasteiger partial charge in [-0.25, -0.2) is 0 Å². The second kappa shape index (κ2) is 5.40. The summed E-state index contributed by atoms with van der Waals surface area (Å²) in [6.07, 6.45) is -0.0850. The van der Waals surface area contributed by atoms with E-state index in [4.69, 9.17) is 5.11 Å². The normalized spacial score (nSPS) is 10.8. The lowest BCUT2D eigenvalue weighted by atomic mass is 9.97. The van der Waals surface area contributed by atoms with Gasteiger partial charge < -0.3 is 5.11 Å². The van der Waals surface area contributed by atoms with Crippen molar-refractivity contribution in [2.45, 2.75) is 27.2 Å². The molecule has 0 aliphatic heterocycles. The largest absolute Gasteiger partial charge is 0.481 e. The number of aliphatic carboxylic acids is 1. The van der Waals surface area contributed by atoms with E-state index in [-0.39, 0.29) is 6.42 Å². The molecule has 1 N–H and O–H groups in total. The molecule has 0 saturated carbocycles. The van der Waals surface area contributed by atoms with Crippen LogP contribution in [-0.4, -0.2) is 20.9 Å². The van der Waals surface area contributed by atoms with Crippen LogP contribution in [0.1, 0.15) is 22.4 Å². The van der Waals surface area contributed by atoms with Gasteiger partial charge in [0.05, 0.1) is 22.3 Å². The van der Waals surface area contributed by atoms with Crippen molar-refractivity contribution in [3.63, 3.8) is 0 Å². The monoisotopic (exact) mass is 336 g/mol. The first kappa shape index (κ1) is 14.8. The Balaban J connectivity index is 2.62. The molecule has 2 rings (SSSR count). The molecule has 0 fully saturated rings. The lowest BCUT2D eigenvalue weighted by molar-refractivity contribution is -0.136. The molecule has 0 aliphatic carbocycles. The van der Waals surface area contributed by atoms with Crippen molar-refractivity contribution in [3.05, 3.63) is 39.0 Å². The minimum atomic E-state index is -0.882. The lowest BCUT2D eigenvalue weighted by Gasteiger charge is -2.12. The van der Waals surface area contributed by atoms with Crippen molar-refractivity contribution in [2.24, 2.45) is 7.05 Å². The molecule has 2 aromatic rings. The Morgan fingerprint density at radius 1 is 1.30 bits per heavy atom. The van der Waals surface area contributed by atoms with E-state index >= 15 is 0 Å². The number of halogens is 1. The highest BCUT2D eigenvalue weighted by Gasteiger charge is 2.19. The second-order valence-corrected chi connectivity index (χ2v) is 5.78. The highest BCUT2D eigenvalue weighted by atomic mass is 79.9. The van der Waals surface area contributed by atoms with Crippen LogP contribution in [0.15, 0.2) is 16.6 Å². The van der Waals surface area contributed by atoms with Gasteiger partial charge in [0.1, 0.15) is 0 Å². The molecule has 5 heteroatoms. The summed E-state index contributed by atoms with van der Waals surface area (Å²) in [4.78, 5) is 10.9. The van der Waals surface area contributed by atoms with Gasteiger partial charge in [-0.05, 0) is 53.4 Å². The molecule has 4 nitrogen and oxygen atoms in total. The van der Waals surface area contributed by atoms with Gasteiger partial charge in [0.2, 0.25) is 0 Å². The minimum Gasteiger partial charge on any atom is -0.481 e. The summed E-state index contributed by atoms with van der Waals surface area (Å²) < 4.78 is 2.49. The Hall–Kier alpha value is -1.62. The fourth-order valence-electron chi connectivity index (χ4n) is 2.32. The molecule has 0 unspecified atom stereocenters. The molecule has 1 heterocycles. The van der Waals surface area contributed by atoms with E-state index in [0.29, 0.717) is 5.69 Å². The quantitative estimate of drug-likeness (QED) is 0.934. The molecule has 1 aromatic carbocycles. The fourth-order valence-corrected chi connectivity index (χ4v) is 3.00. The van der Waals surface area contributed by atoms with Gasteiger partial charge in [0.25, 0.3) is 0 Å². The summed E-state index contributed by atoms with van der Waals surface area (Å²) in [6.45, 7) is 6.25. The van der Waals surface area contributed by atoms with Crippen molar-refractivity contribution in [1.82, 2.24) is 9.78 Å². The van der Waals surface area contributed by atoms with E-state index in [1.807, 2.05) is 7.05 Å². The van der Waals surface area contributed by atoms with Crippen LogP contribution >= 0.6 is 15.9 Å². The highest BCUT2D eigenvalue weighted by molar-refractivity contribution is 9.10. The number of aryl methyl sites for hydroxylation is 2. The Kier molecular flexibility index (Phi) is 3.99. The molecule has 20 heavy (non-hydrogen) atoms. The standard InChI is InChI=1S/C15H17BrN2O2/c1-8-5-6-11(10(3)9(8)2)15-14(16)12(7-13(19)20)17-18(15)4/h5-6H,7H2,1-4H3,(H,19,20). The summed E-state index contributed by atoms with van der Waals surface area (Å²) in [7, 11) is 1.83. The number of nitrogens with zero attached hydrogens (tertiary/aromatic N) is 2. The van der Waals surface area contributed by atoms with Crippen LogP contribution in [0.2, 0.25) is 0 Å². The number of hydrogen-bond acceptors (Lipinski definition) is 2. The average molecular weight is 337 g/mol. The average Bonchev–Trinajstić information content (AvgIpc) is 2.62. The lowest BCUT2D eigenvalue weighted by Crippen LogP contribution is -2.02. The van der Waals surface area contributed by atoms with Gasteiger partial charge in [-0.15, -0.1) is 0 Å². The zero-order chi connectivity index (χ0) is 15.0. The van der Waals surface area contributed by atoms with E-state index in [0.717, 1.165) is 15.7 Å². The molecule has 0 spiro atoms. The van der Waals surface area contributed by atoms with Gasteiger partial charge in [-0.1, -0.05) is 12.1 Å². The van der Waals surface area contributed by atoms with Gasteiger partial charge in [0, 0.05) is 12.6 Å². The molecule has 1 aromatic heterocycles. The first-order chi connectivity index (χ1) is 9.32. The molecular formula is C15H17BrN2O2. The third-order valence-electron chi connectivity index (χ3n) is 3.69. The minimum absolute atomic E-state index is 0.0850. The third kappa shape index (κ3) is 2.50. The van der Waals surface area contributed by atoms with Crippen molar-refractivity contribution >= 4 is 21.9 Å². The second-order valence-electron chi connectivity index (χ2n) is 4.98. The summed E-state index contributed by atoms with van der Waals surface area (Å²) in [5.74, 6) is -0.882. The Labute approximate surface area is 126 Å². The number of carboxylic acids is 1. The topological polar surface area (TPSA) is 55.1 Å². The number of carbonyl (C=O) groups is 1. The Bertz CT molecular complexity index is 690. The number of carboxylic acid groups (broad SMARTS) is 1. The molecule has 0 atom stereocenters. The predicted octanol–water partition coefficient (Wildman–Crippen LogP) is 3.40. The molecule has 0 saturated heterocycles. The highest BCUT2D eigenvalue weighted by Crippen LogP contribution is 2.34. The maximum atomic E-state index is 10.9. The van der Waals surface area contributed by atoms with Crippen LogP contribution in [0.4, 0.5) is 0 Å². The third-order valence-corrected chi connectivity index (χ3v) is 4.52. The summed E-state index contributed by atoms with van der Waals surface area (Å²) >= 11 is 3.50. The smallest absolute Gasteiger partial charge is 0.309 e. The van der Waals surface area contributed by atoms with Crippen molar-refractivity contribution in [1.29, 1.82) is 0 Å². The van der Waals surface area contributed by atoms with Gasteiger partial charge in [-0.2, -0.15) is 5.10 Å². The molecule has 0 amide bonds. The summed E-state index contributed by atoms with van der Waals surface area (Å²) in [6, 6.07) is 4.14. The number of aromatic nitrogens is 2. The summed E-state index contributed by atoms with van der Waals surface area (Å²) in [5, 5.41) is 13.2. The van der Waals surface area contributed by atoms with Crippen molar-refractivity contribution in [3.8, 4) is 11.3 Å². The van der Waals surface area contributed by atoms with Crippen LogP contribution in [0, 0.1) is 20.8 Å². The molecular weight excluding hydrogens is 320 g/mol. The van der Waals surface area contributed by atoms with Crippen LogP contribution in [0.3, 0.4) is 0 Å². The van der Waals surface area contributed by atoms with Crippen LogP contribution in [0.25, 0.3) is 11.3 Å². The number of rotatable bonds is 3. The first-order valence-electron chi connectivity index (χ1n) is 6.33. The Morgan fingerprint density at radius 2 is 1.95 bits per heavy atom. The zero-order valence-electron chi connectivity index (χ0n) is 12.0.